The maximum Gasteiger partial charge on any atom is 0.166 e. The first-order valence-electron chi connectivity index (χ1n) is 8.46. The standard InChI is InChI=1S/C20H17FN2O2S/c21-17-10-14(9-15(12-24)20(17)25)18-11-19(26-22-18)13-3-5-16(6-4-13)23-7-1-2-8-23/h3-6,9-12,25H,1-2,7-8H2. The predicted octanol–water partition coefficient (Wildman–Crippen LogP) is 4.73. The first-order valence-corrected chi connectivity index (χ1v) is 9.23. The molecule has 4 nitrogen and oxygen atoms in total. The number of nitrogens with zero attached hydrogens (tertiary/aromatic N) is 2. The van der Waals surface area contributed by atoms with Gasteiger partial charge in [-0.2, -0.15) is 4.37 Å². The summed E-state index contributed by atoms with van der Waals surface area (Å²) in [4.78, 5) is 14.3. The molecule has 1 aromatic heterocycles. The van der Waals surface area contributed by atoms with Gasteiger partial charge in [0.1, 0.15) is 0 Å². The normalized spacial score (nSPS) is 14.0. The number of aromatic hydroxyl groups is 1. The summed E-state index contributed by atoms with van der Waals surface area (Å²) < 4.78 is 18.2. The molecule has 0 spiro atoms. The zero-order valence-electron chi connectivity index (χ0n) is 14.0. The number of carbonyl (C=O) groups is 1. The predicted molar refractivity (Wildman–Crippen MR) is 101 cm³/mol. The van der Waals surface area contributed by atoms with E-state index in [2.05, 4.69) is 33.5 Å². The first-order chi connectivity index (χ1) is 12.7. The quantitative estimate of drug-likeness (QED) is 0.676. The maximum absolute atomic E-state index is 13.8. The van der Waals surface area contributed by atoms with Crippen molar-refractivity contribution in [1.82, 2.24) is 4.37 Å². The van der Waals surface area contributed by atoms with Crippen LogP contribution in [0.15, 0.2) is 42.5 Å². The fraction of sp³-hybridized carbons (Fsp3) is 0.200. The summed E-state index contributed by atoms with van der Waals surface area (Å²) in [5.74, 6) is -1.45. The molecule has 1 aliphatic heterocycles. The van der Waals surface area contributed by atoms with Crippen LogP contribution in [0.25, 0.3) is 21.7 Å². The Kier molecular flexibility index (Phi) is 4.42. The maximum atomic E-state index is 13.8. The minimum Gasteiger partial charge on any atom is -0.504 e. The van der Waals surface area contributed by atoms with E-state index in [1.807, 2.05) is 6.07 Å². The van der Waals surface area contributed by atoms with E-state index in [9.17, 15) is 14.3 Å². The van der Waals surface area contributed by atoms with Crippen LogP contribution in [0.4, 0.5) is 10.1 Å². The van der Waals surface area contributed by atoms with Gasteiger partial charge in [0.15, 0.2) is 17.9 Å². The van der Waals surface area contributed by atoms with Gasteiger partial charge in [-0.25, -0.2) is 4.39 Å². The van der Waals surface area contributed by atoms with Crippen LogP contribution in [0.1, 0.15) is 23.2 Å². The topological polar surface area (TPSA) is 53.4 Å². The van der Waals surface area contributed by atoms with E-state index in [1.165, 1.54) is 42.2 Å². The summed E-state index contributed by atoms with van der Waals surface area (Å²) in [6, 6.07) is 12.9. The summed E-state index contributed by atoms with van der Waals surface area (Å²) in [6.45, 7) is 2.21. The molecule has 1 fully saturated rings. The summed E-state index contributed by atoms with van der Waals surface area (Å²) in [5.41, 5.74) is 3.25. The van der Waals surface area contributed by atoms with Gasteiger partial charge in [0.25, 0.3) is 0 Å². The number of benzene rings is 2. The molecule has 4 rings (SSSR count). The highest BCUT2D eigenvalue weighted by Crippen LogP contribution is 2.33. The Labute approximate surface area is 154 Å². The van der Waals surface area contributed by atoms with Gasteiger partial charge >= 0.3 is 0 Å². The number of hydrogen-bond acceptors (Lipinski definition) is 5. The smallest absolute Gasteiger partial charge is 0.166 e. The highest BCUT2D eigenvalue weighted by Gasteiger charge is 2.15. The molecule has 1 saturated heterocycles. The summed E-state index contributed by atoms with van der Waals surface area (Å²) in [7, 11) is 0. The molecule has 26 heavy (non-hydrogen) atoms. The molecular formula is C20H17FN2O2S. The summed E-state index contributed by atoms with van der Waals surface area (Å²) >= 11 is 1.32. The van der Waals surface area contributed by atoms with E-state index in [0.29, 0.717) is 17.5 Å². The third-order valence-corrected chi connectivity index (χ3v) is 5.49. The molecule has 0 bridgehead atoms. The third-order valence-electron chi connectivity index (χ3n) is 4.65. The van der Waals surface area contributed by atoms with E-state index >= 15 is 0 Å². The Balaban J connectivity index is 1.62. The van der Waals surface area contributed by atoms with Crippen molar-refractivity contribution in [3.8, 4) is 27.4 Å². The zero-order chi connectivity index (χ0) is 18.1. The van der Waals surface area contributed by atoms with Crippen molar-refractivity contribution in [3.63, 3.8) is 0 Å². The molecule has 2 heterocycles. The van der Waals surface area contributed by atoms with Crippen LogP contribution in [-0.2, 0) is 0 Å². The Hall–Kier alpha value is -2.73. The van der Waals surface area contributed by atoms with Crippen LogP contribution in [0.2, 0.25) is 0 Å². The number of carbonyl (C=O) groups excluding carboxylic acids is 1. The van der Waals surface area contributed by atoms with Crippen molar-refractivity contribution >= 4 is 23.5 Å². The van der Waals surface area contributed by atoms with Gasteiger partial charge in [-0.15, -0.1) is 0 Å². The number of anilines is 1. The molecule has 0 amide bonds. The van der Waals surface area contributed by atoms with Crippen molar-refractivity contribution in [2.24, 2.45) is 0 Å². The number of aromatic nitrogens is 1. The highest BCUT2D eigenvalue weighted by molar-refractivity contribution is 7.09. The minimum absolute atomic E-state index is 0.0792. The lowest BCUT2D eigenvalue weighted by molar-refractivity contribution is 0.112. The van der Waals surface area contributed by atoms with E-state index < -0.39 is 11.6 Å². The molecule has 6 heteroatoms. The SMILES string of the molecule is O=Cc1cc(-c2cc(-c3ccc(N4CCCC4)cc3)sn2)cc(F)c1O. The van der Waals surface area contributed by atoms with Gasteiger partial charge in [0.05, 0.1) is 16.1 Å². The fourth-order valence-corrected chi connectivity index (χ4v) is 3.98. The lowest BCUT2D eigenvalue weighted by Crippen LogP contribution is -2.17. The molecule has 1 aliphatic rings. The monoisotopic (exact) mass is 368 g/mol. The number of aldehydes is 1. The van der Waals surface area contributed by atoms with Gasteiger partial charge in [-0.3, -0.25) is 4.79 Å². The molecule has 132 valence electrons. The van der Waals surface area contributed by atoms with E-state index in [0.717, 1.165) is 23.5 Å². The number of hydrogen-bond donors (Lipinski definition) is 1. The molecule has 0 aliphatic carbocycles. The Morgan fingerprint density at radius 3 is 2.50 bits per heavy atom. The molecule has 2 aromatic carbocycles. The van der Waals surface area contributed by atoms with Crippen molar-refractivity contribution in [2.45, 2.75) is 12.8 Å². The van der Waals surface area contributed by atoms with Crippen molar-refractivity contribution < 1.29 is 14.3 Å². The minimum atomic E-state index is -0.825. The summed E-state index contributed by atoms with van der Waals surface area (Å²) in [5, 5.41) is 9.54. The van der Waals surface area contributed by atoms with Gasteiger partial charge in [0.2, 0.25) is 0 Å². The van der Waals surface area contributed by atoms with Crippen LogP contribution < -0.4 is 4.90 Å². The van der Waals surface area contributed by atoms with Crippen LogP contribution in [0.3, 0.4) is 0 Å². The molecular weight excluding hydrogens is 351 g/mol. The van der Waals surface area contributed by atoms with Crippen molar-refractivity contribution in [3.05, 3.63) is 53.8 Å². The lowest BCUT2D eigenvalue weighted by atomic mass is 10.1. The average Bonchev–Trinajstić information content (AvgIpc) is 3.36. The lowest BCUT2D eigenvalue weighted by Gasteiger charge is -2.17. The Morgan fingerprint density at radius 1 is 1.08 bits per heavy atom. The Morgan fingerprint density at radius 2 is 1.81 bits per heavy atom. The van der Waals surface area contributed by atoms with Gasteiger partial charge in [-0.1, -0.05) is 12.1 Å². The largest absolute Gasteiger partial charge is 0.504 e. The number of phenols is 1. The van der Waals surface area contributed by atoms with Crippen LogP contribution in [0, 0.1) is 5.82 Å². The Bertz CT molecular complexity index is 947. The second-order valence-corrected chi connectivity index (χ2v) is 7.14. The first kappa shape index (κ1) is 16.7. The van der Waals surface area contributed by atoms with Gasteiger partial charge in [0, 0.05) is 24.3 Å². The zero-order valence-corrected chi connectivity index (χ0v) is 14.8. The molecule has 0 saturated carbocycles. The second kappa shape index (κ2) is 6.88. The number of phenolic OH excluding ortho intramolecular Hbond substituents is 1. The summed E-state index contributed by atoms with van der Waals surface area (Å²) in [6.07, 6.45) is 2.92. The molecule has 0 atom stereocenters. The van der Waals surface area contributed by atoms with Crippen LogP contribution in [0.5, 0.6) is 5.75 Å². The van der Waals surface area contributed by atoms with Crippen LogP contribution >= 0.6 is 11.5 Å². The molecule has 1 N–H and O–H groups in total. The van der Waals surface area contributed by atoms with E-state index in [-0.39, 0.29) is 5.56 Å². The second-order valence-electron chi connectivity index (χ2n) is 6.33. The fourth-order valence-electron chi connectivity index (χ4n) is 3.22. The van der Waals surface area contributed by atoms with Gasteiger partial charge < -0.3 is 10.0 Å². The highest BCUT2D eigenvalue weighted by atomic mass is 32.1. The van der Waals surface area contributed by atoms with E-state index in [1.54, 1.807) is 0 Å². The third kappa shape index (κ3) is 3.08. The number of halogens is 1. The van der Waals surface area contributed by atoms with E-state index in [4.69, 9.17) is 0 Å². The van der Waals surface area contributed by atoms with Crippen molar-refractivity contribution in [1.29, 1.82) is 0 Å². The van der Waals surface area contributed by atoms with Crippen LogP contribution in [-0.4, -0.2) is 28.9 Å². The number of rotatable bonds is 4. The molecule has 3 aromatic rings. The van der Waals surface area contributed by atoms with Crippen molar-refractivity contribution in [2.75, 3.05) is 18.0 Å². The molecule has 0 radical (unpaired) electrons. The average molecular weight is 368 g/mol. The van der Waals surface area contributed by atoms with Gasteiger partial charge in [-0.05, 0) is 60.3 Å². The molecule has 0 unspecified atom stereocenters.